The normalized spacial score (nSPS) is 38.5. The predicted molar refractivity (Wildman–Crippen MR) is 70.1 cm³/mol. The lowest BCUT2D eigenvalue weighted by atomic mass is 9.65. The van der Waals surface area contributed by atoms with E-state index >= 15 is 0 Å². The number of hydrogen-bond donors (Lipinski definition) is 1. The third-order valence-corrected chi connectivity index (χ3v) is 6.11. The molecule has 0 saturated heterocycles. The van der Waals surface area contributed by atoms with Crippen molar-refractivity contribution in [1.29, 1.82) is 0 Å². The largest absolute Gasteiger partial charge is 0.508 e. The molecule has 0 aromatic heterocycles. The zero-order chi connectivity index (χ0) is 12.3. The first kappa shape index (κ1) is 11.1. The molecule has 2 saturated carbocycles. The van der Waals surface area contributed by atoms with Crippen molar-refractivity contribution in [1.82, 2.24) is 0 Å². The maximum atomic E-state index is 10.1. The molecule has 0 heterocycles. The molecule has 1 N–H and O–H groups in total. The second-order valence-electron chi connectivity index (χ2n) is 6.72. The van der Waals surface area contributed by atoms with E-state index < -0.39 is 0 Å². The molecule has 1 nitrogen and oxygen atoms in total. The van der Waals surface area contributed by atoms with E-state index in [1.54, 1.807) is 0 Å². The molecular weight excluding hydrogens is 208 g/mol. The molecule has 0 amide bonds. The summed E-state index contributed by atoms with van der Waals surface area (Å²) >= 11 is 0. The van der Waals surface area contributed by atoms with Gasteiger partial charge in [0, 0.05) is 0 Å². The second-order valence-corrected chi connectivity index (χ2v) is 6.72. The van der Waals surface area contributed by atoms with Gasteiger partial charge >= 0.3 is 0 Å². The molecule has 2 aliphatic rings. The molecule has 0 radical (unpaired) electrons. The highest BCUT2D eigenvalue weighted by Crippen LogP contribution is 2.71. The number of phenolic OH excluding ortho intramolecular Hbond substituents is 1. The highest BCUT2D eigenvalue weighted by Gasteiger charge is 2.61. The summed E-state index contributed by atoms with van der Waals surface area (Å²) in [4.78, 5) is 0. The van der Waals surface area contributed by atoms with Gasteiger partial charge in [0.05, 0.1) is 0 Å². The van der Waals surface area contributed by atoms with Crippen LogP contribution in [-0.2, 0) is 0 Å². The van der Waals surface area contributed by atoms with Crippen molar-refractivity contribution >= 4 is 0 Å². The fraction of sp³-hybridized carbons (Fsp3) is 0.625. The van der Waals surface area contributed by atoms with E-state index in [4.69, 9.17) is 0 Å². The number of fused-ring (bicyclic) bond motifs is 2. The minimum absolute atomic E-state index is 0.358. The third-order valence-electron chi connectivity index (χ3n) is 6.11. The average molecular weight is 230 g/mol. The van der Waals surface area contributed by atoms with E-state index in [9.17, 15) is 5.11 Å². The maximum Gasteiger partial charge on any atom is 0.119 e. The molecule has 3 rings (SSSR count). The Morgan fingerprint density at radius 3 is 2.41 bits per heavy atom. The number of phenols is 1. The first-order valence-electron chi connectivity index (χ1n) is 6.75. The predicted octanol–water partition coefficient (Wildman–Crippen LogP) is 4.32. The van der Waals surface area contributed by atoms with E-state index in [-0.39, 0.29) is 0 Å². The van der Waals surface area contributed by atoms with Gasteiger partial charge in [0.25, 0.3) is 0 Å². The molecule has 0 spiro atoms. The first-order valence-corrected chi connectivity index (χ1v) is 6.75. The fourth-order valence-corrected chi connectivity index (χ4v) is 4.46. The third kappa shape index (κ3) is 1.26. The van der Waals surface area contributed by atoms with Crippen LogP contribution in [-0.4, -0.2) is 5.11 Å². The second kappa shape index (κ2) is 3.28. The van der Waals surface area contributed by atoms with Gasteiger partial charge < -0.3 is 5.11 Å². The minimum Gasteiger partial charge on any atom is -0.508 e. The van der Waals surface area contributed by atoms with E-state index in [1.165, 1.54) is 24.8 Å². The number of benzene rings is 1. The Labute approximate surface area is 104 Å². The van der Waals surface area contributed by atoms with Crippen molar-refractivity contribution in [3.63, 3.8) is 0 Å². The highest BCUT2D eigenvalue weighted by atomic mass is 16.3. The topological polar surface area (TPSA) is 20.2 Å². The van der Waals surface area contributed by atoms with Crippen molar-refractivity contribution in [3.8, 4) is 5.75 Å². The Hall–Kier alpha value is -0.980. The fourth-order valence-electron chi connectivity index (χ4n) is 4.46. The summed E-state index contributed by atoms with van der Waals surface area (Å²) in [6, 6.07) is 7.91. The summed E-state index contributed by atoms with van der Waals surface area (Å²) < 4.78 is 0. The Kier molecular flexibility index (Phi) is 2.14. The summed E-state index contributed by atoms with van der Waals surface area (Å²) in [5, 5.41) is 10.1. The molecular formula is C16H22O. The number of rotatable bonds is 1. The van der Waals surface area contributed by atoms with Crippen LogP contribution in [0, 0.1) is 16.7 Å². The molecule has 2 aliphatic carbocycles. The molecule has 92 valence electrons. The van der Waals surface area contributed by atoms with Gasteiger partial charge in [-0.15, -0.1) is 0 Å². The van der Waals surface area contributed by atoms with Gasteiger partial charge in [0.1, 0.15) is 5.75 Å². The van der Waals surface area contributed by atoms with E-state index in [0.29, 0.717) is 22.5 Å². The van der Waals surface area contributed by atoms with Crippen LogP contribution in [0.2, 0.25) is 0 Å². The van der Waals surface area contributed by atoms with Gasteiger partial charge in [-0.2, -0.15) is 0 Å². The lowest BCUT2D eigenvalue weighted by molar-refractivity contribution is 0.133. The molecule has 2 bridgehead atoms. The molecule has 0 aliphatic heterocycles. The number of aromatic hydroxyl groups is 1. The summed E-state index contributed by atoms with van der Waals surface area (Å²) in [5.74, 6) is 1.86. The van der Waals surface area contributed by atoms with Crippen molar-refractivity contribution in [2.75, 3.05) is 0 Å². The first-order chi connectivity index (χ1) is 7.97. The van der Waals surface area contributed by atoms with Crippen molar-refractivity contribution in [2.45, 2.75) is 46.0 Å². The van der Waals surface area contributed by atoms with Crippen LogP contribution in [0.3, 0.4) is 0 Å². The van der Waals surface area contributed by atoms with Gasteiger partial charge in [0.2, 0.25) is 0 Å². The van der Waals surface area contributed by atoms with Crippen LogP contribution >= 0.6 is 0 Å². The Morgan fingerprint density at radius 2 is 1.88 bits per heavy atom. The molecule has 17 heavy (non-hydrogen) atoms. The Bertz CT molecular complexity index is 449. The van der Waals surface area contributed by atoms with Crippen LogP contribution in [0.15, 0.2) is 24.3 Å². The number of para-hydroxylation sites is 1. The van der Waals surface area contributed by atoms with E-state index in [2.05, 4.69) is 32.9 Å². The minimum atomic E-state index is 0.358. The standard InChI is InChI=1S/C16H22O/c1-15(2)11-8-9-16(15,3)13(10-11)12-6-4-5-7-14(12)17/h4-7,11,13,17H,8-10H2,1-3H3. The van der Waals surface area contributed by atoms with Crippen LogP contribution in [0.4, 0.5) is 0 Å². The summed E-state index contributed by atoms with van der Waals surface area (Å²) in [6.45, 7) is 7.27. The lowest BCUT2D eigenvalue weighted by Crippen LogP contribution is -2.31. The highest BCUT2D eigenvalue weighted by molar-refractivity contribution is 5.38. The summed E-state index contributed by atoms with van der Waals surface area (Å²) in [6.07, 6.45) is 3.93. The van der Waals surface area contributed by atoms with Crippen LogP contribution in [0.25, 0.3) is 0 Å². The molecule has 3 unspecified atom stereocenters. The lowest BCUT2D eigenvalue weighted by Gasteiger charge is -2.39. The summed E-state index contributed by atoms with van der Waals surface area (Å²) in [5.41, 5.74) is 1.95. The Morgan fingerprint density at radius 1 is 1.18 bits per heavy atom. The molecule has 1 aromatic carbocycles. The molecule has 1 aromatic rings. The molecule has 3 atom stereocenters. The van der Waals surface area contributed by atoms with Gasteiger partial charge in [-0.3, -0.25) is 0 Å². The molecule has 1 heteroatoms. The SMILES string of the molecule is CC1(C)C2CCC1(C)C(c1ccccc1O)C2. The zero-order valence-corrected chi connectivity index (χ0v) is 11.0. The van der Waals surface area contributed by atoms with E-state index in [1.807, 2.05) is 12.1 Å². The van der Waals surface area contributed by atoms with Gasteiger partial charge in [0.15, 0.2) is 0 Å². The van der Waals surface area contributed by atoms with E-state index in [0.717, 1.165) is 5.92 Å². The zero-order valence-electron chi connectivity index (χ0n) is 11.0. The summed E-state index contributed by atoms with van der Waals surface area (Å²) in [7, 11) is 0. The molecule has 2 fully saturated rings. The van der Waals surface area contributed by atoms with Crippen LogP contribution < -0.4 is 0 Å². The number of hydrogen-bond acceptors (Lipinski definition) is 1. The van der Waals surface area contributed by atoms with Crippen LogP contribution in [0.5, 0.6) is 5.75 Å². The van der Waals surface area contributed by atoms with Gasteiger partial charge in [-0.1, -0.05) is 39.0 Å². The maximum absolute atomic E-state index is 10.1. The van der Waals surface area contributed by atoms with Crippen molar-refractivity contribution in [2.24, 2.45) is 16.7 Å². The average Bonchev–Trinajstić information content (AvgIpc) is 2.62. The monoisotopic (exact) mass is 230 g/mol. The Balaban J connectivity index is 2.06. The van der Waals surface area contributed by atoms with Gasteiger partial charge in [-0.05, 0) is 53.6 Å². The van der Waals surface area contributed by atoms with Crippen molar-refractivity contribution in [3.05, 3.63) is 29.8 Å². The quantitative estimate of drug-likeness (QED) is 0.761. The van der Waals surface area contributed by atoms with Gasteiger partial charge in [-0.25, -0.2) is 0 Å². The van der Waals surface area contributed by atoms with Crippen molar-refractivity contribution < 1.29 is 5.11 Å². The smallest absolute Gasteiger partial charge is 0.119 e. The van der Waals surface area contributed by atoms with Crippen LogP contribution in [0.1, 0.15) is 51.5 Å².